The maximum absolute atomic E-state index is 5.11. The van der Waals surface area contributed by atoms with E-state index in [-0.39, 0.29) is 5.41 Å². The molecule has 3 aromatic carbocycles. The van der Waals surface area contributed by atoms with Crippen LogP contribution in [0.25, 0.3) is 32.4 Å². The largest absolute Gasteiger partial charge is 0.237 e. The molecule has 0 radical (unpaired) electrons. The molecule has 0 bridgehead atoms. The number of aryl methyl sites for hydroxylation is 5. The third-order valence-corrected chi connectivity index (χ3v) is 7.84. The van der Waals surface area contributed by atoms with Crippen LogP contribution in [0.15, 0.2) is 0 Å². The van der Waals surface area contributed by atoms with E-state index in [2.05, 4.69) is 76.2 Å². The zero-order chi connectivity index (χ0) is 23.2. The third-order valence-electron chi connectivity index (χ3n) is 7.84. The number of nitrogens with zero attached hydrogens (tertiary/aromatic N) is 2. The molecule has 1 aromatic heterocycles. The Morgan fingerprint density at radius 3 is 1.19 bits per heavy atom. The lowest BCUT2D eigenvalue weighted by Gasteiger charge is -2.26. The van der Waals surface area contributed by atoms with E-state index in [0.29, 0.717) is 0 Å². The number of rotatable bonds is 0. The van der Waals surface area contributed by atoms with Crippen molar-refractivity contribution in [1.82, 2.24) is 9.97 Å². The normalized spacial score (nSPS) is 12.5. The van der Waals surface area contributed by atoms with Gasteiger partial charge in [-0.3, -0.25) is 0 Å². The Hall–Kier alpha value is -2.48. The highest BCUT2D eigenvalue weighted by Crippen LogP contribution is 2.46. The van der Waals surface area contributed by atoms with Crippen molar-refractivity contribution < 1.29 is 0 Å². The lowest BCUT2D eigenvalue weighted by atomic mass is 9.79. The second kappa shape index (κ2) is 6.76. The molecule has 0 fully saturated rings. The zero-order valence-corrected chi connectivity index (χ0v) is 21.4. The van der Waals surface area contributed by atoms with Gasteiger partial charge in [-0.2, -0.15) is 0 Å². The van der Waals surface area contributed by atoms with Gasteiger partial charge in [-0.25, -0.2) is 9.97 Å². The van der Waals surface area contributed by atoms with E-state index in [1.165, 1.54) is 71.4 Å². The Morgan fingerprint density at radius 2 is 0.774 bits per heavy atom. The van der Waals surface area contributed by atoms with Crippen LogP contribution in [0.5, 0.6) is 0 Å². The lowest BCUT2D eigenvalue weighted by molar-refractivity contribution is 0.572. The Bertz CT molecular complexity index is 1430. The van der Waals surface area contributed by atoms with Crippen LogP contribution in [0, 0.1) is 62.3 Å². The number of aromatic nitrogens is 2. The van der Waals surface area contributed by atoms with Gasteiger partial charge in [0.2, 0.25) is 0 Å². The van der Waals surface area contributed by atoms with E-state index in [1.807, 2.05) is 6.92 Å². The zero-order valence-electron chi connectivity index (χ0n) is 21.4. The van der Waals surface area contributed by atoms with Gasteiger partial charge in [0.25, 0.3) is 0 Å². The van der Waals surface area contributed by atoms with E-state index < -0.39 is 0 Å². The molecule has 0 saturated carbocycles. The van der Waals surface area contributed by atoms with Crippen molar-refractivity contribution in [3.63, 3.8) is 0 Å². The summed E-state index contributed by atoms with van der Waals surface area (Å²) in [5, 5.41) is 6.67. The predicted molar refractivity (Wildman–Crippen MR) is 136 cm³/mol. The molecule has 0 spiro atoms. The van der Waals surface area contributed by atoms with Crippen molar-refractivity contribution >= 4 is 32.4 Å². The monoisotopic (exact) mass is 412 g/mol. The topological polar surface area (TPSA) is 25.8 Å². The van der Waals surface area contributed by atoms with Gasteiger partial charge in [0, 0.05) is 16.2 Å². The van der Waals surface area contributed by atoms with Crippen molar-refractivity contribution in [3.05, 3.63) is 56.0 Å². The Balaban J connectivity index is 2.61. The first-order chi connectivity index (χ1) is 14.3. The van der Waals surface area contributed by atoms with Crippen molar-refractivity contribution in [3.8, 4) is 0 Å². The van der Waals surface area contributed by atoms with Crippen molar-refractivity contribution in [2.24, 2.45) is 0 Å². The highest BCUT2D eigenvalue weighted by atomic mass is 14.9. The SMILES string of the molecule is Cc1nc(C(C)(C)C)c2c(n1)c1c(C)c(C)c(C)c(C)c1c1c(C)c(C)c(C)c(C)c21. The molecule has 0 atom stereocenters. The van der Waals surface area contributed by atoms with Gasteiger partial charge in [0.1, 0.15) is 5.82 Å². The summed E-state index contributed by atoms with van der Waals surface area (Å²) in [7, 11) is 0. The van der Waals surface area contributed by atoms with Crippen LogP contribution in [0.4, 0.5) is 0 Å². The smallest absolute Gasteiger partial charge is 0.126 e. The van der Waals surface area contributed by atoms with E-state index in [9.17, 15) is 0 Å². The van der Waals surface area contributed by atoms with Crippen molar-refractivity contribution in [1.29, 1.82) is 0 Å². The van der Waals surface area contributed by atoms with E-state index >= 15 is 0 Å². The number of fused-ring (bicyclic) bond motifs is 6. The summed E-state index contributed by atoms with van der Waals surface area (Å²) in [6, 6.07) is 0. The molecular weight excluding hydrogens is 376 g/mol. The summed E-state index contributed by atoms with van der Waals surface area (Å²) < 4.78 is 0. The Labute approximate surface area is 187 Å². The van der Waals surface area contributed by atoms with Gasteiger partial charge >= 0.3 is 0 Å². The number of hydrogen-bond acceptors (Lipinski definition) is 2. The molecule has 31 heavy (non-hydrogen) atoms. The molecule has 2 heteroatoms. The van der Waals surface area contributed by atoms with Crippen molar-refractivity contribution in [2.45, 2.75) is 88.5 Å². The van der Waals surface area contributed by atoms with Crippen LogP contribution in [-0.4, -0.2) is 9.97 Å². The summed E-state index contributed by atoms with van der Waals surface area (Å²) >= 11 is 0. The molecule has 0 aliphatic carbocycles. The average molecular weight is 413 g/mol. The van der Waals surface area contributed by atoms with Gasteiger partial charge in [0.15, 0.2) is 0 Å². The van der Waals surface area contributed by atoms with Crippen LogP contribution < -0.4 is 0 Å². The molecule has 4 rings (SSSR count). The first-order valence-corrected chi connectivity index (χ1v) is 11.4. The summed E-state index contributed by atoms with van der Waals surface area (Å²) in [4.78, 5) is 10.1. The van der Waals surface area contributed by atoms with Crippen LogP contribution in [0.1, 0.15) is 76.8 Å². The summed E-state index contributed by atoms with van der Waals surface area (Å²) in [5.74, 6) is 0.853. The molecule has 0 amide bonds. The van der Waals surface area contributed by atoms with Crippen LogP contribution in [-0.2, 0) is 5.41 Å². The minimum Gasteiger partial charge on any atom is -0.237 e. The molecular formula is C29H36N2. The molecule has 162 valence electrons. The third kappa shape index (κ3) is 2.83. The molecule has 0 N–H and O–H groups in total. The predicted octanol–water partition coefficient (Wildman–Crippen LogP) is 8.01. The number of benzene rings is 3. The van der Waals surface area contributed by atoms with E-state index in [1.54, 1.807) is 0 Å². The standard InChI is InChI=1S/C29H36N2/c1-13-14(2)19(7)24-22(17(13)5)23-18(6)15(3)16(4)20(8)25(23)27-26(24)28(29(10,11)12)31-21(9)30-27/h1-12H3. The van der Waals surface area contributed by atoms with Gasteiger partial charge < -0.3 is 0 Å². The molecule has 0 aliphatic rings. The molecule has 0 saturated heterocycles. The minimum absolute atomic E-state index is 0.0750. The molecule has 2 nitrogen and oxygen atoms in total. The molecule has 0 aliphatic heterocycles. The minimum atomic E-state index is -0.0750. The maximum atomic E-state index is 5.11. The fourth-order valence-corrected chi connectivity index (χ4v) is 5.39. The van der Waals surface area contributed by atoms with Crippen LogP contribution >= 0.6 is 0 Å². The summed E-state index contributed by atoms with van der Waals surface area (Å²) in [6.07, 6.45) is 0. The first-order valence-electron chi connectivity index (χ1n) is 11.4. The first kappa shape index (κ1) is 21.7. The van der Waals surface area contributed by atoms with Gasteiger partial charge in [-0.1, -0.05) is 20.8 Å². The summed E-state index contributed by atoms with van der Waals surface area (Å²) in [5.41, 5.74) is 13.2. The van der Waals surface area contributed by atoms with Gasteiger partial charge in [-0.05, 0) is 123 Å². The quantitative estimate of drug-likeness (QED) is 0.273. The fourth-order valence-electron chi connectivity index (χ4n) is 5.39. The molecule has 0 unspecified atom stereocenters. The van der Waals surface area contributed by atoms with Gasteiger partial charge in [-0.15, -0.1) is 0 Å². The number of hydrogen-bond donors (Lipinski definition) is 0. The van der Waals surface area contributed by atoms with Gasteiger partial charge in [0.05, 0.1) is 11.2 Å². The van der Waals surface area contributed by atoms with E-state index in [0.717, 1.165) is 17.0 Å². The van der Waals surface area contributed by atoms with E-state index in [4.69, 9.17) is 9.97 Å². The van der Waals surface area contributed by atoms with Crippen LogP contribution in [0.2, 0.25) is 0 Å². The second-order valence-corrected chi connectivity index (χ2v) is 10.6. The average Bonchev–Trinajstić information content (AvgIpc) is 2.70. The fraction of sp³-hybridized carbons (Fsp3) is 0.448. The highest BCUT2D eigenvalue weighted by Gasteiger charge is 2.27. The van der Waals surface area contributed by atoms with Crippen LogP contribution in [0.3, 0.4) is 0 Å². The summed E-state index contributed by atoms with van der Waals surface area (Å²) in [6.45, 7) is 27.0. The highest BCUT2D eigenvalue weighted by molar-refractivity contribution is 6.28. The lowest BCUT2D eigenvalue weighted by Crippen LogP contribution is -2.16. The molecule has 4 aromatic rings. The Kier molecular flexibility index (Phi) is 4.74. The maximum Gasteiger partial charge on any atom is 0.126 e. The molecule has 1 heterocycles. The van der Waals surface area contributed by atoms with Crippen molar-refractivity contribution in [2.75, 3.05) is 0 Å². The second-order valence-electron chi connectivity index (χ2n) is 10.6. The Morgan fingerprint density at radius 1 is 0.419 bits per heavy atom.